The Balaban J connectivity index is 1.67. The van der Waals surface area contributed by atoms with E-state index >= 15 is 0 Å². The Kier molecular flexibility index (Phi) is 3.79. The average Bonchev–Trinajstić information content (AvgIpc) is 3.28. The van der Waals surface area contributed by atoms with E-state index in [0.29, 0.717) is 15.3 Å². The second-order valence-corrected chi connectivity index (χ2v) is 6.97. The molecule has 0 spiro atoms. The van der Waals surface area contributed by atoms with Gasteiger partial charge in [-0.1, -0.05) is 35.6 Å². The SMILES string of the molecule is O=c1/c(=C\c2cccs2)sc2nc(/C=C/c3ccc(F)cc3)nn12. The minimum absolute atomic E-state index is 0.169. The predicted octanol–water partition coefficient (Wildman–Crippen LogP) is 3.07. The molecular weight excluding hydrogens is 345 g/mol. The van der Waals surface area contributed by atoms with Gasteiger partial charge in [0.1, 0.15) is 5.82 Å². The van der Waals surface area contributed by atoms with Gasteiger partial charge >= 0.3 is 0 Å². The number of aromatic nitrogens is 3. The molecule has 3 heterocycles. The summed E-state index contributed by atoms with van der Waals surface area (Å²) in [5.74, 6) is 0.170. The maximum absolute atomic E-state index is 12.9. The number of fused-ring (bicyclic) bond motifs is 1. The zero-order valence-corrected chi connectivity index (χ0v) is 13.9. The van der Waals surface area contributed by atoms with Crippen LogP contribution in [-0.4, -0.2) is 14.6 Å². The minimum Gasteiger partial charge on any atom is -0.266 e. The zero-order chi connectivity index (χ0) is 16.5. The molecule has 0 aliphatic heterocycles. The number of hydrogen-bond donors (Lipinski definition) is 0. The molecule has 0 unspecified atom stereocenters. The number of thiophene rings is 1. The first-order valence-electron chi connectivity index (χ1n) is 7.07. The van der Waals surface area contributed by atoms with Gasteiger partial charge in [0.15, 0.2) is 5.82 Å². The van der Waals surface area contributed by atoms with E-state index in [1.54, 1.807) is 35.6 Å². The lowest BCUT2D eigenvalue weighted by Gasteiger charge is -1.91. The summed E-state index contributed by atoms with van der Waals surface area (Å²) in [7, 11) is 0. The molecule has 0 N–H and O–H groups in total. The summed E-state index contributed by atoms with van der Waals surface area (Å²) in [6.07, 6.45) is 5.33. The maximum Gasteiger partial charge on any atom is 0.291 e. The molecule has 118 valence electrons. The molecule has 0 saturated carbocycles. The molecule has 4 rings (SSSR count). The largest absolute Gasteiger partial charge is 0.291 e. The van der Waals surface area contributed by atoms with Crippen LogP contribution in [0, 0.1) is 5.82 Å². The van der Waals surface area contributed by atoms with Crippen LogP contribution in [-0.2, 0) is 0 Å². The van der Waals surface area contributed by atoms with Crippen LogP contribution in [0.1, 0.15) is 16.3 Å². The van der Waals surface area contributed by atoms with E-state index in [1.807, 2.05) is 23.6 Å². The summed E-state index contributed by atoms with van der Waals surface area (Å²) >= 11 is 2.88. The van der Waals surface area contributed by atoms with E-state index in [0.717, 1.165) is 10.4 Å². The van der Waals surface area contributed by atoms with Gasteiger partial charge in [0.2, 0.25) is 4.96 Å². The molecular formula is C17H10FN3OS2. The fraction of sp³-hybridized carbons (Fsp3) is 0. The van der Waals surface area contributed by atoms with Crippen LogP contribution in [0.5, 0.6) is 0 Å². The van der Waals surface area contributed by atoms with Crippen LogP contribution in [0.15, 0.2) is 46.6 Å². The summed E-state index contributed by atoms with van der Waals surface area (Å²) in [5.41, 5.74) is 0.668. The molecule has 0 aliphatic rings. The molecule has 1 aromatic carbocycles. The quantitative estimate of drug-likeness (QED) is 0.567. The van der Waals surface area contributed by atoms with Crippen molar-refractivity contribution in [3.05, 3.63) is 78.7 Å². The molecule has 0 saturated heterocycles. The summed E-state index contributed by atoms with van der Waals surface area (Å²) in [5, 5.41) is 6.18. The molecule has 0 fully saturated rings. The van der Waals surface area contributed by atoms with E-state index in [4.69, 9.17) is 0 Å². The molecule has 0 radical (unpaired) electrons. The molecule has 4 nitrogen and oxygen atoms in total. The molecule has 7 heteroatoms. The average molecular weight is 355 g/mol. The van der Waals surface area contributed by atoms with E-state index in [-0.39, 0.29) is 11.4 Å². The van der Waals surface area contributed by atoms with Crippen LogP contribution in [0.25, 0.3) is 23.2 Å². The molecule has 0 amide bonds. The highest BCUT2D eigenvalue weighted by Gasteiger charge is 2.08. The van der Waals surface area contributed by atoms with Gasteiger partial charge < -0.3 is 0 Å². The van der Waals surface area contributed by atoms with E-state index in [9.17, 15) is 9.18 Å². The minimum atomic E-state index is -0.279. The lowest BCUT2D eigenvalue weighted by Crippen LogP contribution is -2.23. The normalized spacial score (nSPS) is 12.6. The second kappa shape index (κ2) is 6.10. The van der Waals surface area contributed by atoms with Gasteiger partial charge in [-0.15, -0.1) is 16.4 Å². The highest BCUT2D eigenvalue weighted by molar-refractivity contribution is 7.15. The van der Waals surface area contributed by atoms with Crippen molar-refractivity contribution in [2.75, 3.05) is 0 Å². The monoisotopic (exact) mass is 355 g/mol. The van der Waals surface area contributed by atoms with Crippen molar-refractivity contribution in [2.45, 2.75) is 0 Å². The first kappa shape index (κ1) is 14.9. The molecule has 0 bridgehead atoms. The van der Waals surface area contributed by atoms with Crippen molar-refractivity contribution < 1.29 is 4.39 Å². The van der Waals surface area contributed by atoms with Crippen molar-refractivity contribution in [3.8, 4) is 0 Å². The lowest BCUT2D eigenvalue weighted by atomic mass is 10.2. The highest BCUT2D eigenvalue weighted by atomic mass is 32.1. The topological polar surface area (TPSA) is 47.3 Å². The van der Waals surface area contributed by atoms with Gasteiger partial charge in [0.25, 0.3) is 5.56 Å². The Morgan fingerprint density at radius 3 is 2.67 bits per heavy atom. The van der Waals surface area contributed by atoms with Crippen LogP contribution in [0.4, 0.5) is 4.39 Å². The zero-order valence-electron chi connectivity index (χ0n) is 12.2. The molecule has 24 heavy (non-hydrogen) atoms. The summed E-state index contributed by atoms with van der Waals surface area (Å²) in [6.45, 7) is 0. The Bertz CT molecular complexity index is 1130. The van der Waals surface area contributed by atoms with Crippen LogP contribution < -0.4 is 10.1 Å². The van der Waals surface area contributed by atoms with E-state index in [2.05, 4.69) is 10.1 Å². The Labute approximate surface area is 143 Å². The molecule has 4 aromatic rings. The van der Waals surface area contributed by atoms with Crippen molar-refractivity contribution >= 4 is 45.9 Å². The number of halogens is 1. The number of rotatable bonds is 3. The van der Waals surface area contributed by atoms with Gasteiger partial charge in [-0.05, 0) is 41.3 Å². The number of thiazole rings is 1. The summed E-state index contributed by atoms with van der Waals surface area (Å²) in [4.78, 5) is 18.3. The van der Waals surface area contributed by atoms with Crippen molar-refractivity contribution in [2.24, 2.45) is 0 Å². The van der Waals surface area contributed by atoms with Crippen molar-refractivity contribution in [3.63, 3.8) is 0 Å². The van der Waals surface area contributed by atoms with E-state index in [1.165, 1.54) is 28.0 Å². The number of hydrogen-bond acceptors (Lipinski definition) is 5. The Morgan fingerprint density at radius 1 is 1.12 bits per heavy atom. The smallest absolute Gasteiger partial charge is 0.266 e. The van der Waals surface area contributed by atoms with Crippen LogP contribution in [0.3, 0.4) is 0 Å². The van der Waals surface area contributed by atoms with Gasteiger partial charge in [0, 0.05) is 4.88 Å². The fourth-order valence-corrected chi connectivity index (χ4v) is 3.80. The summed E-state index contributed by atoms with van der Waals surface area (Å²) in [6, 6.07) is 10.0. The standard InChI is InChI=1S/C17H10FN3OS2/c18-12-6-3-11(4-7-12)5-8-15-19-17-21(20-15)16(22)14(24-17)10-13-2-1-9-23-13/h1-10H/b8-5+,14-10+. The molecule has 0 aliphatic carbocycles. The Morgan fingerprint density at radius 2 is 1.96 bits per heavy atom. The first-order valence-corrected chi connectivity index (χ1v) is 8.77. The predicted molar refractivity (Wildman–Crippen MR) is 95.6 cm³/mol. The Hall–Kier alpha value is -2.64. The summed E-state index contributed by atoms with van der Waals surface area (Å²) < 4.78 is 14.8. The van der Waals surface area contributed by atoms with Gasteiger partial charge in [-0.2, -0.15) is 9.50 Å². The first-order chi connectivity index (χ1) is 11.7. The van der Waals surface area contributed by atoms with Crippen LogP contribution >= 0.6 is 22.7 Å². The third-order valence-electron chi connectivity index (χ3n) is 3.31. The highest BCUT2D eigenvalue weighted by Crippen LogP contribution is 2.11. The number of benzene rings is 1. The molecule has 0 atom stereocenters. The van der Waals surface area contributed by atoms with Crippen molar-refractivity contribution in [1.29, 1.82) is 0 Å². The van der Waals surface area contributed by atoms with Gasteiger partial charge in [-0.3, -0.25) is 4.79 Å². The van der Waals surface area contributed by atoms with E-state index < -0.39 is 0 Å². The second-order valence-electron chi connectivity index (χ2n) is 4.98. The van der Waals surface area contributed by atoms with Gasteiger partial charge in [-0.25, -0.2) is 4.39 Å². The lowest BCUT2D eigenvalue weighted by molar-refractivity contribution is 0.628. The third kappa shape index (κ3) is 2.91. The van der Waals surface area contributed by atoms with Crippen molar-refractivity contribution in [1.82, 2.24) is 14.6 Å². The fourth-order valence-electron chi connectivity index (χ4n) is 2.17. The van der Waals surface area contributed by atoms with Gasteiger partial charge in [0.05, 0.1) is 4.53 Å². The maximum atomic E-state index is 12.9. The molecule has 3 aromatic heterocycles. The van der Waals surface area contributed by atoms with Crippen LogP contribution in [0.2, 0.25) is 0 Å². The number of nitrogens with zero attached hydrogens (tertiary/aromatic N) is 3. The third-order valence-corrected chi connectivity index (χ3v) is 5.09.